The van der Waals surface area contributed by atoms with Crippen LogP contribution in [0.5, 0.6) is 0 Å². The van der Waals surface area contributed by atoms with Gasteiger partial charge in [-0.05, 0) is 42.0 Å². The molecule has 1 fully saturated rings. The molecule has 0 radical (unpaired) electrons. The van der Waals surface area contributed by atoms with Crippen LogP contribution in [0.1, 0.15) is 43.9 Å². The molecule has 7 nitrogen and oxygen atoms in total. The average Bonchev–Trinajstić information content (AvgIpc) is 2.80. The average molecular weight is 446 g/mol. The quantitative estimate of drug-likeness (QED) is 0.481. The summed E-state index contributed by atoms with van der Waals surface area (Å²) in [5.41, 5.74) is 16.1. The van der Waals surface area contributed by atoms with Gasteiger partial charge in [0, 0.05) is 17.2 Å². The SMILES string of the molecule is CC1CCCCC1C(=O)Nc1ccc(-c2c(N)nc(N)nc2COCc2ccccc2)cc1. The highest BCUT2D eigenvalue weighted by Crippen LogP contribution is 2.32. The van der Waals surface area contributed by atoms with Crippen LogP contribution in [0.2, 0.25) is 0 Å². The number of benzene rings is 2. The monoisotopic (exact) mass is 445 g/mol. The molecule has 3 aromatic rings. The van der Waals surface area contributed by atoms with E-state index in [0.29, 0.717) is 29.6 Å². The number of anilines is 3. The molecule has 2 unspecified atom stereocenters. The molecule has 5 N–H and O–H groups in total. The summed E-state index contributed by atoms with van der Waals surface area (Å²) in [4.78, 5) is 21.2. The van der Waals surface area contributed by atoms with Crippen molar-refractivity contribution in [2.75, 3.05) is 16.8 Å². The maximum absolute atomic E-state index is 12.7. The van der Waals surface area contributed by atoms with E-state index in [1.54, 1.807) is 0 Å². The lowest BCUT2D eigenvalue weighted by atomic mass is 9.80. The van der Waals surface area contributed by atoms with Crippen LogP contribution in [0, 0.1) is 11.8 Å². The smallest absolute Gasteiger partial charge is 0.227 e. The number of hydrogen-bond donors (Lipinski definition) is 3. The minimum Gasteiger partial charge on any atom is -0.383 e. The van der Waals surface area contributed by atoms with Crippen molar-refractivity contribution in [3.8, 4) is 11.1 Å². The molecule has 1 amide bonds. The largest absolute Gasteiger partial charge is 0.383 e. The summed E-state index contributed by atoms with van der Waals surface area (Å²) in [6, 6.07) is 17.5. The topological polar surface area (TPSA) is 116 Å². The first-order valence-corrected chi connectivity index (χ1v) is 11.5. The Kier molecular flexibility index (Phi) is 7.19. The van der Waals surface area contributed by atoms with Crippen molar-refractivity contribution < 1.29 is 9.53 Å². The van der Waals surface area contributed by atoms with Gasteiger partial charge in [-0.3, -0.25) is 4.79 Å². The molecule has 2 aromatic carbocycles. The van der Waals surface area contributed by atoms with Crippen LogP contribution in [0.3, 0.4) is 0 Å². The maximum Gasteiger partial charge on any atom is 0.227 e. The third-order valence-electron chi connectivity index (χ3n) is 6.27. The fraction of sp³-hybridized carbons (Fsp3) is 0.346. The number of amides is 1. The number of aromatic nitrogens is 2. The summed E-state index contributed by atoms with van der Waals surface area (Å²) in [7, 11) is 0. The number of carbonyl (C=O) groups excluding carboxylic acids is 1. The predicted octanol–water partition coefficient (Wildman–Crippen LogP) is 4.79. The van der Waals surface area contributed by atoms with E-state index in [9.17, 15) is 4.79 Å². The second-order valence-corrected chi connectivity index (χ2v) is 8.70. The summed E-state index contributed by atoms with van der Waals surface area (Å²) in [6.07, 6.45) is 4.40. The van der Waals surface area contributed by atoms with E-state index in [1.807, 2.05) is 54.6 Å². The Bertz CT molecular complexity index is 1090. The highest BCUT2D eigenvalue weighted by atomic mass is 16.5. The molecule has 172 valence electrons. The van der Waals surface area contributed by atoms with Gasteiger partial charge in [0.15, 0.2) is 0 Å². The summed E-state index contributed by atoms with van der Waals surface area (Å²) < 4.78 is 5.87. The highest BCUT2D eigenvalue weighted by Gasteiger charge is 2.27. The van der Waals surface area contributed by atoms with E-state index in [-0.39, 0.29) is 24.4 Å². The van der Waals surface area contributed by atoms with E-state index in [1.165, 1.54) is 6.42 Å². The second-order valence-electron chi connectivity index (χ2n) is 8.70. The lowest BCUT2D eigenvalue weighted by Gasteiger charge is -2.27. The van der Waals surface area contributed by atoms with Crippen LogP contribution < -0.4 is 16.8 Å². The van der Waals surface area contributed by atoms with Crippen molar-refractivity contribution in [3.63, 3.8) is 0 Å². The Morgan fingerprint density at radius 2 is 1.73 bits per heavy atom. The van der Waals surface area contributed by atoms with Crippen LogP contribution in [-0.2, 0) is 22.7 Å². The fourth-order valence-electron chi connectivity index (χ4n) is 4.47. The predicted molar refractivity (Wildman–Crippen MR) is 131 cm³/mol. The molecular weight excluding hydrogens is 414 g/mol. The molecule has 7 heteroatoms. The molecule has 0 spiro atoms. The Morgan fingerprint density at radius 3 is 2.45 bits per heavy atom. The zero-order valence-corrected chi connectivity index (χ0v) is 19.0. The summed E-state index contributed by atoms with van der Waals surface area (Å²) in [5, 5.41) is 3.07. The molecule has 1 heterocycles. The number of ether oxygens (including phenoxy) is 1. The van der Waals surface area contributed by atoms with Gasteiger partial charge in [-0.25, -0.2) is 4.98 Å². The normalized spacial score (nSPS) is 18.1. The molecule has 1 saturated carbocycles. The number of rotatable bonds is 7. The van der Waals surface area contributed by atoms with E-state index < -0.39 is 0 Å². The van der Waals surface area contributed by atoms with Crippen molar-refractivity contribution in [2.45, 2.75) is 45.8 Å². The molecule has 4 rings (SSSR count). The van der Waals surface area contributed by atoms with Crippen LogP contribution in [-0.4, -0.2) is 15.9 Å². The maximum atomic E-state index is 12.7. The second kappa shape index (κ2) is 10.4. The number of carbonyl (C=O) groups is 1. The minimum atomic E-state index is 0.0768. The molecule has 0 saturated heterocycles. The van der Waals surface area contributed by atoms with Gasteiger partial charge in [0.25, 0.3) is 0 Å². The fourth-order valence-corrected chi connectivity index (χ4v) is 4.47. The van der Waals surface area contributed by atoms with Gasteiger partial charge < -0.3 is 21.5 Å². The summed E-state index contributed by atoms with van der Waals surface area (Å²) >= 11 is 0. The van der Waals surface area contributed by atoms with Gasteiger partial charge in [0.05, 0.1) is 18.9 Å². The molecule has 0 aliphatic heterocycles. The Balaban J connectivity index is 1.48. The standard InChI is InChI=1S/C26H31N5O2/c1-17-7-5-6-10-21(17)25(32)29-20-13-11-19(12-14-20)23-22(30-26(28)31-24(23)27)16-33-15-18-8-3-2-4-9-18/h2-4,8-9,11-14,17,21H,5-7,10,15-16H2,1H3,(H,29,32)(H4,27,28,30,31). The van der Waals surface area contributed by atoms with Crippen LogP contribution in [0.4, 0.5) is 17.5 Å². The van der Waals surface area contributed by atoms with Gasteiger partial charge in [0.2, 0.25) is 11.9 Å². The number of nitrogen functional groups attached to an aromatic ring is 2. The van der Waals surface area contributed by atoms with Crippen molar-refractivity contribution in [1.82, 2.24) is 9.97 Å². The van der Waals surface area contributed by atoms with E-state index >= 15 is 0 Å². The number of nitrogens with one attached hydrogen (secondary N) is 1. The highest BCUT2D eigenvalue weighted by molar-refractivity contribution is 5.93. The first kappa shape index (κ1) is 22.7. The summed E-state index contributed by atoms with van der Waals surface area (Å²) in [5.74, 6) is 1.00. The lowest BCUT2D eigenvalue weighted by Crippen LogP contribution is -2.30. The number of hydrogen-bond acceptors (Lipinski definition) is 6. The number of nitrogens with two attached hydrogens (primary N) is 2. The molecule has 2 atom stereocenters. The van der Waals surface area contributed by atoms with Crippen molar-refractivity contribution >= 4 is 23.4 Å². The Hall–Kier alpha value is -3.45. The molecule has 1 aliphatic rings. The Morgan fingerprint density at radius 1 is 1.00 bits per heavy atom. The van der Waals surface area contributed by atoms with Gasteiger partial charge in [-0.1, -0.05) is 62.2 Å². The van der Waals surface area contributed by atoms with E-state index in [0.717, 1.165) is 36.1 Å². The van der Waals surface area contributed by atoms with Crippen LogP contribution in [0.25, 0.3) is 11.1 Å². The number of nitrogens with zero attached hydrogens (tertiary/aromatic N) is 2. The van der Waals surface area contributed by atoms with Crippen molar-refractivity contribution in [1.29, 1.82) is 0 Å². The Labute approximate surface area is 194 Å². The molecule has 1 aliphatic carbocycles. The van der Waals surface area contributed by atoms with Gasteiger partial charge in [-0.2, -0.15) is 4.98 Å². The zero-order chi connectivity index (χ0) is 23.2. The van der Waals surface area contributed by atoms with Crippen molar-refractivity contribution in [2.24, 2.45) is 11.8 Å². The van der Waals surface area contributed by atoms with E-state index in [4.69, 9.17) is 16.2 Å². The summed E-state index contributed by atoms with van der Waals surface area (Å²) in [6.45, 7) is 2.87. The third kappa shape index (κ3) is 5.68. The van der Waals surface area contributed by atoms with Gasteiger partial charge in [0.1, 0.15) is 5.82 Å². The van der Waals surface area contributed by atoms with Crippen LogP contribution in [0.15, 0.2) is 54.6 Å². The minimum absolute atomic E-state index is 0.0768. The van der Waals surface area contributed by atoms with Crippen molar-refractivity contribution in [3.05, 3.63) is 65.9 Å². The first-order chi connectivity index (χ1) is 16.0. The zero-order valence-electron chi connectivity index (χ0n) is 19.0. The lowest BCUT2D eigenvalue weighted by molar-refractivity contribution is -0.122. The van der Waals surface area contributed by atoms with Crippen LogP contribution >= 0.6 is 0 Å². The van der Waals surface area contributed by atoms with Gasteiger partial charge >= 0.3 is 0 Å². The molecule has 0 bridgehead atoms. The molecule has 33 heavy (non-hydrogen) atoms. The van der Waals surface area contributed by atoms with Gasteiger partial charge in [-0.15, -0.1) is 0 Å². The molecule has 1 aromatic heterocycles. The third-order valence-corrected chi connectivity index (χ3v) is 6.27. The first-order valence-electron chi connectivity index (χ1n) is 11.5. The van der Waals surface area contributed by atoms with E-state index in [2.05, 4.69) is 22.2 Å². The molecular formula is C26H31N5O2.